The first-order valence-corrected chi connectivity index (χ1v) is 20.2. The zero-order valence-corrected chi connectivity index (χ0v) is 34.0. The summed E-state index contributed by atoms with van der Waals surface area (Å²) in [6.45, 7) is 11.6. The number of fused-ring (bicyclic) bond motifs is 1. The highest BCUT2D eigenvalue weighted by atomic mass is 35.5. The third-order valence-corrected chi connectivity index (χ3v) is 12.4. The molecule has 12 nitrogen and oxygen atoms in total. The predicted octanol–water partition coefficient (Wildman–Crippen LogP) is 6.56. The SMILES string of the molecule is CC1(C)C(NC(=O)c2ccc(C3=CCN(CCCCCOc4ccc5c(c4)C(=O)N(C4CCC(=O)NC4=O)C5=O)CC3)cc2)C(C)(C)C1Oc1ccc(C#N)c(Cl)c1. The van der Waals surface area contributed by atoms with Gasteiger partial charge in [0.05, 0.1) is 28.3 Å². The molecule has 7 rings (SSSR count). The van der Waals surface area contributed by atoms with Crippen molar-refractivity contribution >= 4 is 46.7 Å². The van der Waals surface area contributed by atoms with E-state index >= 15 is 0 Å². The van der Waals surface area contributed by atoms with Crippen LogP contribution in [-0.4, -0.2) is 83.8 Å². The molecule has 2 N–H and O–H groups in total. The van der Waals surface area contributed by atoms with E-state index < -0.39 is 29.7 Å². The first kappa shape index (κ1) is 40.7. The molecule has 3 heterocycles. The van der Waals surface area contributed by atoms with Gasteiger partial charge in [0, 0.05) is 48.0 Å². The van der Waals surface area contributed by atoms with Gasteiger partial charge in [-0.2, -0.15) is 5.26 Å². The number of amides is 5. The van der Waals surface area contributed by atoms with Gasteiger partial charge < -0.3 is 14.8 Å². The van der Waals surface area contributed by atoms with Crippen molar-refractivity contribution in [1.82, 2.24) is 20.4 Å². The fourth-order valence-electron chi connectivity index (χ4n) is 9.17. The summed E-state index contributed by atoms with van der Waals surface area (Å²) in [6, 6.07) is 18.6. The third kappa shape index (κ3) is 7.98. The monoisotopic (exact) mass is 805 g/mol. The Morgan fingerprint density at radius 3 is 2.31 bits per heavy atom. The molecule has 302 valence electrons. The molecule has 13 heteroatoms. The topological polar surface area (TPSA) is 158 Å². The number of hydrogen-bond acceptors (Lipinski definition) is 9. The normalized spacial score (nSPS) is 22.3. The minimum Gasteiger partial charge on any atom is -0.494 e. The Morgan fingerprint density at radius 1 is 0.914 bits per heavy atom. The van der Waals surface area contributed by atoms with Crippen molar-refractivity contribution in [2.24, 2.45) is 10.8 Å². The number of hydrogen-bond donors (Lipinski definition) is 2. The van der Waals surface area contributed by atoms with Crippen molar-refractivity contribution in [2.45, 2.75) is 84.4 Å². The van der Waals surface area contributed by atoms with Gasteiger partial charge in [0.1, 0.15) is 29.7 Å². The minimum absolute atomic E-state index is 0.0741. The van der Waals surface area contributed by atoms with Crippen molar-refractivity contribution in [2.75, 3.05) is 26.2 Å². The van der Waals surface area contributed by atoms with E-state index in [9.17, 15) is 29.2 Å². The molecule has 3 aromatic rings. The van der Waals surface area contributed by atoms with Crippen LogP contribution in [0.5, 0.6) is 11.5 Å². The molecular formula is C45H48ClN5O7. The molecule has 3 aliphatic heterocycles. The van der Waals surface area contributed by atoms with Crippen LogP contribution in [0.1, 0.15) is 108 Å². The zero-order valence-electron chi connectivity index (χ0n) is 33.2. The number of benzene rings is 3. The highest BCUT2D eigenvalue weighted by molar-refractivity contribution is 6.31. The maximum atomic E-state index is 13.4. The third-order valence-electron chi connectivity index (χ3n) is 12.0. The molecule has 58 heavy (non-hydrogen) atoms. The van der Waals surface area contributed by atoms with Crippen LogP contribution in [0.15, 0.2) is 66.7 Å². The second kappa shape index (κ2) is 16.4. The van der Waals surface area contributed by atoms with Gasteiger partial charge in [-0.15, -0.1) is 0 Å². The molecule has 4 aliphatic rings. The zero-order chi connectivity index (χ0) is 41.4. The molecule has 1 aliphatic carbocycles. The number of rotatable bonds is 13. The lowest BCUT2D eigenvalue weighted by atomic mass is 9.49. The number of halogens is 1. The molecular weight excluding hydrogens is 758 g/mol. The van der Waals surface area contributed by atoms with Gasteiger partial charge in [-0.25, -0.2) is 0 Å². The number of carbonyl (C=O) groups excluding carboxylic acids is 5. The number of ether oxygens (including phenoxy) is 2. The van der Waals surface area contributed by atoms with Crippen LogP contribution in [0.2, 0.25) is 5.02 Å². The molecule has 0 radical (unpaired) electrons. The highest BCUT2D eigenvalue weighted by Gasteiger charge is 2.64. The first-order valence-electron chi connectivity index (χ1n) is 19.9. The molecule has 1 saturated heterocycles. The molecule has 1 atom stereocenters. The van der Waals surface area contributed by atoms with E-state index in [0.717, 1.165) is 55.8 Å². The van der Waals surface area contributed by atoms with Crippen LogP contribution < -0.4 is 20.1 Å². The average Bonchev–Trinajstić information content (AvgIpc) is 3.45. The minimum atomic E-state index is -0.997. The summed E-state index contributed by atoms with van der Waals surface area (Å²) < 4.78 is 12.3. The van der Waals surface area contributed by atoms with E-state index in [1.54, 1.807) is 36.4 Å². The van der Waals surface area contributed by atoms with Gasteiger partial charge in [-0.05, 0) is 92.2 Å². The first-order chi connectivity index (χ1) is 27.7. The maximum absolute atomic E-state index is 13.4. The fourth-order valence-corrected chi connectivity index (χ4v) is 9.38. The van der Waals surface area contributed by atoms with Crippen LogP contribution in [0.4, 0.5) is 0 Å². The lowest BCUT2D eigenvalue weighted by Gasteiger charge is -2.63. The van der Waals surface area contributed by atoms with Crippen LogP contribution >= 0.6 is 11.6 Å². The average molecular weight is 806 g/mol. The highest BCUT2D eigenvalue weighted by Crippen LogP contribution is 2.55. The van der Waals surface area contributed by atoms with Gasteiger partial charge in [-0.1, -0.05) is 57.5 Å². The molecule has 0 aromatic heterocycles. The Kier molecular flexibility index (Phi) is 11.5. The second-order valence-corrected chi connectivity index (χ2v) is 17.1. The van der Waals surface area contributed by atoms with Gasteiger partial charge >= 0.3 is 0 Å². The van der Waals surface area contributed by atoms with Crippen molar-refractivity contribution < 1.29 is 33.4 Å². The number of nitriles is 1. The lowest BCUT2D eigenvalue weighted by Crippen LogP contribution is -2.74. The Labute approximate surface area is 343 Å². The van der Waals surface area contributed by atoms with Crippen LogP contribution in [-0.2, 0) is 9.59 Å². The van der Waals surface area contributed by atoms with Crippen LogP contribution in [0.25, 0.3) is 5.57 Å². The molecule has 3 aromatic carbocycles. The molecule has 1 unspecified atom stereocenters. The van der Waals surface area contributed by atoms with E-state index in [2.05, 4.69) is 55.4 Å². The van der Waals surface area contributed by atoms with E-state index in [4.69, 9.17) is 21.1 Å². The van der Waals surface area contributed by atoms with Crippen molar-refractivity contribution in [3.05, 3.63) is 99.6 Å². The molecule has 2 fully saturated rings. The van der Waals surface area contributed by atoms with E-state index in [1.807, 2.05) is 24.3 Å². The lowest BCUT2D eigenvalue weighted by molar-refractivity contribution is -0.164. The smallest absolute Gasteiger partial charge is 0.262 e. The summed E-state index contributed by atoms with van der Waals surface area (Å²) >= 11 is 6.24. The Bertz CT molecular complexity index is 2210. The number of carbonyl (C=O) groups is 5. The summed E-state index contributed by atoms with van der Waals surface area (Å²) in [5, 5.41) is 15.0. The van der Waals surface area contributed by atoms with Gasteiger partial charge in [0.15, 0.2) is 0 Å². The van der Waals surface area contributed by atoms with E-state index in [-0.39, 0.29) is 52.9 Å². The van der Waals surface area contributed by atoms with E-state index in [1.165, 1.54) is 5.57 Å². The summed E-state index contributed by atoms with van der Waals surface area (Å²) in [7, 11) is 0. The van der Waals surface area contributed by atoms with Crippen molar-refractivity contribution in [1.29, 1.82) is 5.26 Å². The Balaban J connectivity index is 0.825. The summed E-state index contributed by atoms with van der Waals surface area (Å²) in [5.74, 6) is -1.16. The second-order valence-electron chi connectivity index (χ2n) is 16.7. The number of imide groups is 2. The van der Waals surface area contributed by atoms with Crippen molar-refractivity contribution in [3.63, 3.8) is 0 Å². The number of unbranched alkanes of at least 4 members (excludes halogenated alkanes) is 2. The molecule has 0 spiro atoms. The van der Waals surface area contributed by atoms with Crippen LogP contribution in [0, 0.1) is 22.2 Å². The van der Waals surface area contributed by atoms with Crippen molar-refractivity contribution in [3.8, 4) is 17.6 Å². The van der Waals surface area contributed by atoms with Gasteiger partial charge in [0.2, 0.25) is 11.8 Å². The summed E-state index contributed by atoms with van der Waals surface area (Å²) in [5.41, 5.74) is 3.13. The maximum Gasteiger partial charge on any atom is 0.262 e. The molecule has 0 bridgehead atoms. The quantitative estimate of drug-likeness (QED) is 0.144. The predicted molar refractivity (Wildman–Crippen MR) is 217 cm³/mol. The van der Waals surface area contributed by atoms with Gasteiger partial charge in [-0.3, -0.25) is 39.1 Å². The molecule has 1 saturated carbocycles. The largest absolute Gasteiger partial charge is 0.494 e. The Hall–Kier alpha value is -5.51. The summed E-state index contributed by atoms with van der Waals surface area (Å²) in [4.78, 5) is 66.7. The van der Waals surface area contributed by atoms with Crippen LogP contribution in [0.3, 0.4) is 0 Å². The number of nitrogens with zero attached hydrogens (tertiary/aromatic N) is 3. The fraction of sp³-hybridized carbons (Fsp3) is 0.422. The summed E-state index contributed by atoms with van der Waals surface area (Å²) in [6.07, 6.45) is 6.01. The van der Waals surface area contributed by atoms with Gasteiger partial charge in [0.25, 0.3) is 17.7 Å². The molecule has 5 amide bonds. The standard InChI is InChI=1S/C45H48ClN5O7/c1-44(2)42(45(3,4)43(44)58-32-13-12-30(26-47)35(46)25-32)49-38(53)29-10-8-27(9-11-29)28-18-21-50(22-19-28)20-6-5-7-23-57-31-14-15-33-34(24-31)41(56)51(40(33)55)36-16-17-37(52)48-39(36)54/h8-15,18,24-25,36,42-43H,5-7,16-17,19-23H2,1-4H3,(H,49,53)(H,48,52,54). The number of nitrogens with one attached hydrogen (secondary N) is 2. The van der Waals surface area contributed by atoms with E-state index in [0.29, 0.717) is 34.3 Å². The Morgan fingerprint density at radius 2 is 1.64 bits per heavy atom. The number of piperidine rings is 1.